The van der Waals surface area contributed by atoms with E-state index in [1.807, 2.05) is 65.4 Å². The fraction of sp³-hybridized carbons (Fsp3) is 0.0400. The maximum atomic E-state index is 12.9. The van der Waals surface area contributed by atoms with Crippen molar-refractivity contribution in [1.82, 2.24) is 4.57 Å². The minimum atomic E-state index is -0.573. The molecule has 0 bridgehead atoms. The number of halogens is 1. The van der Waals surface area contributed by atoms with Crippen LogP contribution in [0.4, 0.5) is 5.69 Å². The largest absolute Gasteiger partial charge is 0.342 e. The number of aromatic nitrogens is 1. The first-order valence-corrected chi connectivity index (χ1v) is 10.1. The minimum absolute atomic E-state index is 0.0923. The van der Waals surface area contributed by atoms with E-state index in [9.17, 15) is 20.2 Å². The predicted octanol–water partition coefficient (Wildman–Crippen LogP) is 6.04. The summed E-state index contributed by atoms with van der Waals surface area (Å²) in [5.74, 6) is -0.567. The van der Waals surface area contributed by atoms with E-state index in [1.165, 1.54) is 30.3 Å². The molecule has 0 aliphatic rings. The van der Waals surface area contributed by atoms with Crippen molar-refractivity contribution in [3.63, 3.8) is 0 Å². The summed E-state index contributed by atoms with van der Waals surface area (Å²) in [6.45, 7) is 0.565. The van der Waals surface area contributed by atoms with Gasteiger partial charge in [-0.2, -0.15) is 5.26 Å². The SMILES string of the molecule is N#CC(=Cc1cn(Cc2cccc(Cl)c2)c2ccccc12)C(=O)c1cccc([N+](=O)[O-])c1. The summed E-state index contributed by atoms with van der Waals surface area (Å²) in [4.78, 5) is 23.3. The summed E-state index contributed by atoms with van der Waals surface area (Å²) in [5, 5.41) is 22.2. The highest BCUT2D eigenvalue weighted by Crippen LogP contribution is 2.26. The highest BCUT2D eigenvalue weighted by Gasteiger charge is 2.17. The number of carbonyl (C=O) groups excluding carboxylic acids is 1. The van der Waals surface area contributed by atoms with Crippen LogP contribution in [0.15, 0.2) is 84.6 Å². The summed E-state index contributed by atoms with van der Waals surface area (Å²) in [6.07, 6.45) is 3.40. The summed E-state index contributed by atoms with van der Waals surface area (Å²) < 4.78 is 2.03. The van der Waals surface area contributed by atoms with Crippen molar-refractivity contribution in [3.8, 4) is 6.07 Å². The number of fused-ring (bicyclic) bond motifs is 1. The summed E-state index contributed by atoms with van der Waals surface area (Å²) in [5.41, 5.74) is 2.45. The number of para-hydroxylation sites is 1. The van der Waals surface area contributed by atoms with Gasteiger partial charge in [-0.05, 0) is 29.8 Å². The molecule has 4 rings (SSSR count). The summed E-state index contributed by atoms with van der Waals surface area (Å²) >= 11 is 6.11. The average Bonchev–Trinajstić information content (AvgIpc) is 3.14. The first-order valence-electron chi connectivity index (χ1n) is 9.69. The van der Waals surface area contributed by atoms with Crippen molar-refractivity contribution in [1.29, 1.82) is 5.26 Å². The molecule has 1 heterocycles. The van der Waals surface area contributed by atoms with Gasteiger partial charge in [0.05, 0.1) is 4.92 Å². The highest BCUT2D eigenvalue weighted by molar-refractivity contribution is 6.30. The number of nitriles is 1. The van der Waals surface area contributed by atoms with Crippen LogP contribution >= 0.6 is 11.6 Å². The number of hydrogen-bond acceptors (Lipinski definition) is 4. The number of hydrogen-bond donors (Lipinski definition) is 0. The maximum absolute atomic E-state index is 12.9. The van der Waals surface area contributed by atoms with Crippen LogP contribution in [0.25, 0.3) is 17.0 Å². The Bertz CT molecular complexity index is 1430. The molecule has 0 spiro atoms. The Morgan fingerprint density at radius 2 is 1.88 bits per heavy atom. The van der Waals surface area contributed by atoms with Gasteiger partial charge in [0, 0.05) is 51.9 Å². The van der Waals surface area contributed by atoms with Gasteiger partial charge in [0.25, 0.3) is 5.69 Å². The number of ketones is 1. The van der Waals surface area contributed by atoms with Gasteiger partial charge in [-0.3, -0.25) is 14.9 Å². The smallest absolute Gasteiger partial charge is 0.270 e. The van der Waals surface area contributed by atoms with Gasteiger partial charge in [-0.1, -0.05) is 54.1 Å². The molecule has 0 amide bonds. The van der Waals surface area contributed by atoms with Gasteiger partial charge in [0.1, 0.15) is 11.6 Å². The average molecular weight is 442 g/mol. The summed E-state index contributed by atoms with van der Waals surface area (Å²) in [7, 11) is 0. The van der Waals surface area contributed by atoms with E-state index in [1.54, 1.807) is 0 Å². The van der Waals surface area contributed by atoms with Crippen molar-refractivity contribution in [3.05, 3.63) is 116 Å². The van der Waals surface area contributed by atoms with Crippen LogP contribution in [0.1, 0.15) is 21.5 Å². The lowest BCUT2D eigenvalue weighted by atomic mass is 10.0. The number of allylic oxidation sites excluding steroid dienone is 1. The topological polar surface area (TPSA) is 88.9 Å². The molecule has 0 atom stereocenters. The van der Waals surface area contributed by atoms with Gasteiger partial charge in [0.15, 0.2) is 0 Å². The van der Waals surface area contributed by atoms with E-state index >= 15 is 0 Å². The maximum Gasteiger partial charge on any atom is 0.270 e. The van der Waals surface area contributed by atoms with Crippen molar-refractivity contribution in [2.75, 3.05) is 0 Å². The molecule has 7 heteroatoms. The Morgan fingerprint density at radius 1 is 1.09 bits per heavy atom. The normalized spacial score (nSPS) is 11.3. The van der Waals surface area contributed by atoms with Crippen LogP contribution in [0.2, 0.25) is 5.02 Å². The molecule has 0 unspecified atom stereocenters. The number of rotatable bonds is 6. The van der Waals surface area contributed by atoms with E-state index in [2.05, 4.69) is 0 Å². The molecule has 6 nitrogen and oxygen atoms in total. The fourth-order valence-electron chi connectivity index (χ4n) is 3.57. The molecular formula is C25H16ClN3O3. The zero-order valence-corrected chi connectivity index (χ0v) is 17.5. The van der Waals surface area contributed by atoms with Crippen LogP contribution < -0.4 is 0 Å². The number of Topliss-reactive ketones (excluding diaryl/α,β-unsaturated/α-hetero) is 1. The first kappa shape index (κ1) is 21.0. The Morgan fingerprint density at radius 3 is 2.62 bits per heavy atom. The van der Waals surface area contributed by atoms with Gasteiger partial charge < -0.3 is 4.57 Å². The molecule has 0 fully saturated rings. The number of nitrogens with zero attached hydrogens (tertiary/aromatic N) is 3. The van der Waals surface area contributed by atoms with E-state index in [4.69, 9.17) is 11.6 Å². The molecule has 0 saturated heterocycles. The number of carbonyl (C=O) groups is 1. The monoisotopic (exact) mass is 441 g/mol. The lowest BCUT2D eigenvalue weighted by molar-refractivity contribution is -0.384. The van der Waals surface area contributed by atoms with Crippen LogP contribution in [0.5, 0.6) is 0 Å². The minimum Gasteiger partial charge on any atom is -0.342 e. The number of benzene rings is 3. The molecule has 3 aromatic carbocycles. The molecule has 156 valence electrons. The Hall–Kier alpha value is -4.21. The number of non-ortho nitro benzene ring substituents is 1. The third kappa shape index (κ3) is 4.29. The lowest BCUT2D eigenvalue weighted by Crippen LogP contribution is -2.02. The highest BCUT2D eigenvalue weighted by atomic mass is 35.5. The lowest BCUT2D eigenvalue weighted by Gasteiger charge is -2.05. The third-order valence-corrected chi connectivity index (χ3v) is 5.28. The van der Waals surface area contributed by atoms with E-state index in [0.717, 1.165) is 16.5 Å². The van der Waals surface area contributed by atoms with Gasteiger partial charge in [-0.25, -0.2) is 0 Å². The Kier molecular flexibility index (Phi) is 5.84. The van der Waals surface area contributed by atoms with Crippen LogP contribution in [-0.2, 0) is 6.54 Å². The molecule has 32 heavy (non-hydrogen) atoms. The predicted molar refractivity (Wildman–Crippen MR) is 124 cm³/mol. The van der Waals surface area contributed by atoms with Crippen molar-refractivity contribution in [2.24, 2.45) is 0 Å². The molecule has 0 aliphatic heterocycles. The van der Waals surface area contributed by atoms with E-state index in [0.29, 0.717) is 17.1 Å². The van der Waals surface area contributed by atoms with Gasteiger partial charge >= 0.3 is 0 Å². The number of nitro groups is 1. The standard InChI is InChI=1S/C25H16ClN3O3/c26-21-7-3-5-17(11-21)15-28-16-20(23-9-1-2-10-24(23)28)12-19(14-27)25(30)18-6-4-8-22(13-18)29(31)32/h1-13,16H,15H2. The molecular weight excluding hydrogens is 426 g/mol. The second kappa shape index (κ2) is 8.88. The summed E-state index contributed by atoms with van der Waals surface area (Å²) in [6, 6.07) is 22.6. The first-order chi connectivity index (χ1) is 15.5. The van der Waals surface area contributed by atoms with Crippen molar-refractivity contribution < 1.29 is 9.72 Å². The van der Waals surface area contributed by atoms with E-state index in [-0.39, 0.29) is 16.8 Å². The van der Waals surface area contributed by atoms with Gasteiger partial charge in [0.2, 0.25) is 5.78 Å². The quantitative estimate of drug-likeness (QED) is 0.120. The van der Waals surface area contributed by atoms with Crippen LogP contribution in [-0.4, -0.2) is 15.3 Å². The van der Waals surface area contributed by atoms with Crippen LogP contribution in [0.3, 0.4) is 0 Å². The van der Waals surface area contributed by atoms with Crippen LogP contribution in [0, 0.1) is 21.4 Å². The third-order valence-electron chi connectivity index (χ3n) is 5.05. The molecule has 0 N–H and O–H groups in total. The second-order valence-corrected chi connectivity index (χ2v) is 7.60. The molecule has 1 aromatic heterocycles. The second-order valence-electron chi connectivity index (χ2n) is 7.17. The molecule has 0 radical (unpaired) electrons. The van der Waals surface area contributed by atoms with Gasteiger partial charge in [-0.15, -0.1) is 0 Å². The van der Waals surface area contributed by atoms with E-state index < -0.39 is 10.7 Å². The Balaban J connectivity index is 1.75. The Labute approximate surface area is 188 Å². The molecule has 0 saturated carbocycles. The zero-order valence-electron chi connectivity index (χ0n) is 16.7. The molecule has 4 aromatic rings. The molecule has 0 aliphatic carbocycles. The number of nitro benzene ring substituents is 1. The fourth-order valence-corrected chi connectivity index (χ4v) is 3.79. The zero-order chi connectivity index (χ0) is 22.7. The van der Waals surface area contributed by atoms with Crippen molar-refractivity contribution in [2.45, 2.75) is 6.54 Å². The van der Waals surface area contributed by atoms with Crippen molar-refractivity contribution >= 4 is 40.1 Å².